The van der Waals surface area contributed by atoms with E-state index >= 15 is 0 Å². The first-order valence-electron chi connectivity index (χ1n) is 12.2. The van der Waals surface area contributed by atoms with Gasteiger partial charge in [-0.2, -0.15) is 5.10 Å². The Bertz CT molecular complexity index is 1030. The number of aromatic nitrogens is 2. The van der Waals surface area contributed by atoms with Crippen LogP contribution >= 0.6 is 0 Å². The molecule has 2 aromatic carbocycles. The van der Waals surface area contributed by atoms with E-state index in [1.165, 1.54) is 36.8 Å². The number of hydrogen-bond donors (Lipinski definition) is 1. The lowest BCUT2D eigenvalue weighted by Gasteiger charge is -2.32. The number of hydrogen-bond acceptors (Lipinski definition) is 2. The molecule has 33 heavy (non-hydrogen) atoms. The second-order valence-electron chi connectivity index (χ2n) is 9.50. The monoisotopic (exact) mass is 444 g/mol. The van der Waals surface area contributed by atoms with E-state index in [-0.39, 0.29) is 12.1 Å². The summed E-state index contributed by atoms with van der Waals surface area (Å²) < 4.78 is 1.92. The van der Waals surface area contributed by atoms with Crippen molar-refractivity contribution in [3.63, 3.8) is 0 Å². The lowest BCUT2D eigenvalue weighted by Crippen LogP contribution is -2.42. The molecule has 0 bridgehead atoms. The normalized spacial score (nSPS) is 14.6. The lowest BCUT2D eigenvalue weighted by molar-refractivity contribution is 0.175. The van der Waals surface area contributed by atoms with Gasteiger partial charge in [0, 0.05) is 30.7 Å². The Morgan fingerprint density at radius 1 is 1.00 bits per heavy atom. The summed E-state index contributed by atoms with van der Waals surface area (Å²) >= 11 is 0. The third kappa shape index (κ3) is 6.04. The molecule has 1 aliphatic carbocycles. The number of benzene rings is 2. The minimum Gasteiger partial charge on any atom is -0.317 e. The Morgan fingerprint density at radius 3 is 2.24 bits per heavy atom. The number of nitrogens with one attached hydrogen (secondary N) is 1. The van der Waals surface area contributed by atoms with Gasteiger partial charge in [-0.25, -0.2) is 4.79 Å². The van der Waals surface area contributed by atoms with Crippen molar-refractivity contribution in [2.75, 3.05) is 5.32 Å². The van der Waals surface area contributed by atoms with Crippen molar-refractivity contribution in [2.24, 2.45) is 0 Å². The van der Waals surface area contributed by atoms with Gasteiger partial charge in [-0.3, -0.25) is 4.68 Å². The van der Waals surface area contributed by atoms with Crippen LogP contribution in [0.4, 0.5) is 10.5 Å². The molecular formula is C28H36N4O. The minimum atomic E-state index is 0.0116. The molecule has 0 saturated heterocycles. The topological polar surface area (TPSA) is 50.2 Å². The van der Waals surface area contributed by atoms with Crippen LogP contribution in [0.25, 0.3) is 0 Å². The summed E-state index contributed by atoms with van der Waals surface area (Å²) in [5.74, 6) is 0. The highest BCUT2D eigenvalue weighted by atomic mass is 16.2. The molecule has 1 aliphatic rings. The molecule has 0 atom stereocenters. The molecule has 1 saturated carbocycles. The zero-order valence-corrected chi connectivity index (χ0v) is 20.2. The third-order valence-electron chi connectivity index (χ3n) is 6.71. The number of amides is 2. The SMILES string of the molecule is Cc1cc(C)c(NC(=O)N(Cc2ccc(Cn3cccn3)cc2)C2CCCCCC2)c(C)c1. The van der Waals surface area contributed by atoms with Crippen LogP contribution in [0.2, 0.25) is 0 Å². The molecule has 5 heteroatoms. The first kappa shape index (κ1) is 23.1. The molecule has 0 spiro atoms. The van der Waals surface area contributed by atoms with Gasteiger partial charge in [0.1, 0.15) is 0 Å². The van der Waals surface area contributed by atoms with Gasteiger partial charge < -0.3 is 10.2 Å². The lowest BCUT2D eigenvalue weighted by atomic mass is 10.0. The van der Waals surface area contributed by atoms with Gasteiger partial charge in [0.15, 0.2) is 0 Å². The summed E-state index contributed by atoms with van der Waals surface area (Å²) in [5, 5.41) is 7.55. The number of aryl methyl sites for hydroxylation is 3. The molecule has 1 fully saturated rings. The van der Waals surface area contributed by atoms with Crippen LogP contribution < -0.4 is 5.32 Å². The highest BCUT2D eigenvalue weighted by Gasteiger charge is 2.25. The van der Waals surface area contributed by atoms with Crippen LogP contribution in [0.5, 0.6) is 0 Å². The molecular weight excluding hydrogens is 408 g/mol. The zero-order chi connectivity index (χ0) is 23.2. The van der Waals surface area contributed by atoms with Gasteiger partial charge in [-0.15, -0.1) is 0 Å². The maximum absolute atomic E-state index is 13.6. The molecule has 0 radical (unpaired) electrons. The van der Waals surface area contributed by atoms with E-state index in [1.54, 1.807) is 6.20 Å². The number of rotatable bonds is 6. The number of carbonyl (C=O) groups excluding carboxylic acids is 1. The van der Waals surface area contributed by atoms with Crippen molar-refractivity contribution < 1.29 is 4.79 Å². The predicted molar refractivity (Wildman–Crippen MR) is 134 cm³/mol. The van der Waals surface area contributed by atoms with Crippen molar-refractivity contribution in [2.45, 2.75) is 78.4 Å². The summed E-state index contributed by atoms with van der Waals surface area (Å²) in [7, 11) is 0. The van der Waals surface area contributed by atoms with Crippen molar-refractivity contribution in [3.8, 4) is 0 Å². The average Bonchev–Trinajstić information content (AvgIpc) is 3.15. The zero-order valence-electron chi connectivity index (χ0n) is 20.2. The van der Waals surface area contributed by atoms with Crippen LogP contribution in [0.1, 0.15) is 66.3 Å². The Kier molecular flexibility index (Phi) is 7.48. The molecule has 0 aliphatic heterocycles. The van der Waals surface area contributed by atoms with E-state index in [0.717, 1.165) is 41.8 Å². The largest absolute Gasteiger partial charge is 0.322 e. The molecule has 1 heterocycles. The molecule has 3 aromatic rings. The van der Waals surface area contributed by atoms with Gasteiger partial charge in [-0.05, 0) is 61.9 Å². The van der Waals surface area contributed by atoms with Crippen LogP contribution in [0.3, 0.4) is 0 Å². The van der Waals surface area contributed by atoms with E-state index in [9.17, 15) is 4.79 Å². The fourth-order valence-electron chi connectivity index (χ4n) is 5.02. The molecule has 2 amide bonds. The number of carbonyl (C=O) groups is 1. The Morgan fingerprint density at radius 2 is 1.64 bits per heavy atom. The van der Waals surface area contributed by atoms with Crippen LogP contribution in [0.15, 0.2) is 54.9 Å². The first-order valence-corrected chi connectivity index (χ1v) is 12.2. The Hall–Kier alpha value is -3.08. The second kappa shape index (κ2) is 10.7. The molecule has 0 unspecified atom stereocenters. The van der Waals surface area contributed by atoms with Crippen molar-refractivity contribution >= 4 is 11.7 Å². The van der Waals surface area contributed by atoms with Crippen molar-refractivity contribution in [3.05, 3.63) is 82.7 Å². The summed E-state index contributed by atoms with van der Waals surface area (Å²) in [6.45, 7) is 7.63. The van der Waals surface area contributed by atoms with E-state index in [0.29, 0.717) is 6.54 Å². The van der Waals surface area contributed by atoms with Gasteiger partial charge in [-0.1, -0.05) is 67.6 Å². The summed E-state index contributed by atoms with van der Waals surface area (Å²) in [6, 6.07) is 15.1. The van der Waals surface area contributed by atoms with E-state index < -0.39 is 0 Å². The predicted octanol–water partition coefficient (Wildman–Crippen LogP) is 6.61. The number of nitrogens with zero attached hydrogens (tertiary/aromatic N) is 3. The highest BCUT2D eigenvalue weighted by Crippen LogP contribution is 2.27. The minimum absolute atomic E-state index is 0.0116. The van der Waals surface area contributed by atoms with Gasteiger partial charge in [0.25, 0.3) is 0 Å². The molecule has 1 N–H and O–H groups in total. The number of anilines is 1. The van der Waals surface area contributed by atoms with Gasteiger partial charge in [0.05, 0.1) is 6.54 Å². The maximum Gasteiger partial charge on any atom is 0.322 e. The fourth-order valence-corrected chi connectivity index (χ4v) is 5.02. The molecule has 1 aromatic heterocycles. The summed E-state index contributed by atoms with van der Waals surface area (Å²) in [6.07, 6.45) is 10.9. The third-order valence-corrected chi connectivity index (χ3v) is 6.71. The van der Waals surface area contributed by atoms with Crippen molar-refractivity contribution in [1.82, 2.24) is 14.7 Å². The van der Waals surface area contributed by atoms with Crippen LogP contribution in [-0.4, -0.2) is 26.8 Å². The second-order valence-corrected chi connectivity index (χ2v) is 9.50. The van der Waals surface area contributed by atoms with Crippen LogP contribution in [0, 0.1) is 20.8 Å². The van der Waals surface area contributed by atoms with Gasteiger partial charge >= 0.3 is 6.03 Å². The first-order chi connectivity index (χ1) is 16.0. The summed E-state index contributed by atoms with van der Waals surface area (Å²) in [4.78, 5) is 15.7. The van der Waals surface area contributed by atoms with E-state index in [4.69, 9.17) is 0 Å². The van der Waals surface area contributed by atoms with Gasteiger partial charge in [0.2, 0.25) is 0 Å². The molecule has 5 nitrogen and oxygen atoms in total. The summed E-state index contributed by atoms with van der Waals surface area (Å²) in [5.41, 5.74) is 6.77. The smallest absolute Gasteiger partial charge is 0.317 e. The average molecular weight is 445 g/mol. The van der Waals surface area contributed by atoms with E-state index in [1.807, 2.05) is 16.9 Å². The quantitative estimate of drug-likeness (QED) is 0.435. The molecule has 4 rings (SSSR count). The fraction of sp³-hybridized carbons (Fsp3) is 0.429. The van der Waals surface area contributed by atoms with Crippen molar-refractivity contribution in [1.29, 1.82) is 0 Å². The standard InChI is InChI=1S/C28H36N4O/c1-21-17-22(2)27(23(3)18-21)30-28(33)32(26-9-6-4-5-7-10-26)20-25-13-11-24(12-14-25)19-31-16-8-15-29-31/h8,11-18,26H,4-7,9-10,19-20H2,1-3H3,(H,30,33). The Labute approximate surface area is 197 Å². The highest BCUT2D eigenvalue weighted by molar-refractivity contribution is 5.91. The number of urea groups is 1. The Balaban J connectivity index is 1.52. The molecule has 174 valence electrons. The van der Waals surface area contributed by atoms with E-state index in [2.05, 4.69) is 72.5 Å². The van der Waals surface area contributed by atoms with Crippen LogP contribution in [-0.2, 0) is 13.1 Å². The maximum atomic E-state index is 13.6.